The minimum Gasteiger partial charge on any atom is -0.493 e. The quantitative estimate of drug-likeness (QED) is 0.804. The van der Waals surface area contributed by atoms with E-state index in [-0.39, 0.29) is 11.9 Å². The van der Waals surface area contributed by atoms with Crippen LogP contribution in [0.1, 0.15) is 24.1 Å². The first-order valence-electron chi connectivity index (χ1n) is 7.21. The Labute approximate surface area is 131 Å². The van der Waals surface area contributed by atoms with E-state index in [1.807, 2.05) is 37.4 Å². The van der Waals surface area contributed by atoms with E-state index in [4.69, 9.17) is 9.47 Å². The SMILES string of the molecule is COc1ccc(CN(C)[C@H](C)c2ccc(F)cc2)cc1OC. The molecule has 0 bridgehead atoms. The smallest absolute Gasteiger partial charge is 0.161 e. The van der Waals surface area contributed by atoms with Crippen molar-refractivity contribution in [3.8, 4) is 11.5 Å². The van der Waals surface area contributed by atoms with Crippen molar-refractivity contribution < 1.29 is 13.9 Å². The standard InChI is InChI=1S/C18H22FNO2/c1-13(15-6-8-16(19)9-7-15)20(2)12-14-5-10-17(21-3)18(11-14)22-4/h5-11,13H,12H2,1-4H3/t13-/m1/s1. The third-order valence-electron chi connectivity index (χ3n) is 3.89. The van der Waals surface area contributed by atoms with E-state index in [1.165, 1.54) is 12.1 Å². The zero-order chi connectivity index (χ0) is 16.1. The first-order valence-corrected chi connectivity index (χ1v) is 7.21. The predicted molar refractivity (Wildman–Crippen MR) is 85.8 cm³/mol. The van der Waals surface area contributed by atoms with Gasteiger partial charge in [0.25, 0.3) is 0 Å². The zero-order valence-corrected chi connectivity index (χ0v) is 13.5. The van der Waals surface area contributed by atoms with Gasteiger partial charge in [-0.05, 0) is 49.4 Å². The Morgan fingerprint density at radius 3 is 2.23 bits per heavy atom. The van der Waals surface area contributed by atoms with Crippen LogP contribution in [0.4, 0.5) is 4.39 Å². The molecule has 3 nitrogen and oxygen atoms in total. The maximum atomic E-state index is 13.0. The molecular formula is C18H22FNO2. The molecule has 22 heavy (non-hydrogen) atoms. The van der Waals surface area contributed by atoms with E-state index < -0.39 is 0 Å². The van der Waals surface area contributed by atoms with Gasteiger partial charge < -0.3 is 9.47 Å². The molecule has 2 aromatic rings. The van der Waals surface area contributed by atoms with Crippen LogP contribution in [0.25, 0.3) is 0 Å². The first kappa shape index (κ1) is 16.3. The van der Waals surface area contributed by atoms with Gasteiger partial charge in [0.05, 0.1) is 14.2 Å². The fourth-order valence-electron chi connectivity index (χ4n) is 2.40. The Morgan fingerprint density at radius 1 is 1.00 bits per heavy atom. The number of hydrogen-bond acceptors (Lipinski definition) is 3. The molecule has 0 aliphatic heterocycles. The van der Waals surface area contributed by atoms with Crippen molar-refractivity contribution >= 4 is 0 Å². The van der Waals surface area contributed by atoms with Crippen molar-refractivity contribution in [1.29, 1.82) is 0 Å². The lowest BCUT2D eigenvalue weighted by atomic mass is 10.1. The lowest BCUT2D eigenvalue weighted by Gasteiger charge is -2.25. The summed E-state index contributed by atoms with van der Waals surface area (Å²) in [5.41, 5.74) is 2.22. The number of rotatable bonds is 6. The molecule has 0 aliphatic rings. The lowest BCUT2D eigenvalue weighted by molar-refractivity contribution is 0.252. The summed E-state index contributed by atoms with van der Waals surface area (Å²) in [6.07, 6.45) is 0. The molecule has 1 atom stereocenters. The van der Waals surface area contributed by atoms with E-state index in [9.17, 15) is 4.39 Å². The summed E-state index contributed by atoms with van der Waals surface area (Å²) in [6.45, 7) is 2.87. The molecule has 0 amide bonds. The highest BCUT2D eigenvalue weighted by Crippen LogP contribution is 2.29. The Kier molecular flexibility index (Phi) is 5.39. The van der Waals surface area contributed by atoms with Gasteiger partial charge in [0.2, 0.25) is 0 Å². The van der Waals surface area contributed by atoms with Gasteiger partial charge in [-0.3, -0.25) is 4.90 Å². The maximum Gasteiger partial charge on any atom is 0.161 e. The van der Waals surface area contributed by atoms with E-state index >= 15 is 0 Å². The van der Waals surface area contributed by atoms with Crippen molar-refractivity contribution in [3.05, 3.63) is 59.4 Å². The number of benzene rings is 2. The fraction of sp³-hybridized carbons (Fsp3) is 0.333. The third kappa shape index (κ3) is 3.77. The van der Waals surface area contributed by atoms with E-state index in [2.05, 4.69) is 11.8 Å². The molecule has 0 spiro atoms. The maximum absolute atomic E-state index is 13.0. The number of halogens is 1. The molecule has 0 fully saturated rings. The third-order valence-corrected chi connectivity index (χ3v) is 3.89. The number of ether oxygens (including phenoxy) is 2. The second-order valence-corrected chi connectivity index (χ2v) is 5.33. The van der Waals surface area contributed by atoms with Crippen LogP contribution in [-0.2, 0) is 6.54 Å². The normalized spacial score (nSPS) is 12.3. The molecule has 0 radical (unpaired) electrons. The van der Waals surface area contributed by atoms with Gasteiger partial charge in [0, 0.05) is 12.6 Å². The van der Waals surface area contributed by atoms with Gasteiger partial charge in [-0.2, -0.15) is 0 Å². The van der Waals surface area contributed by atoms with Crippen molar-refractivity contribution in [1.82, 2.24) is 4.90 Å². The summed E-state index contributed by atoms with van der Waals surface area (Å²) in [4.78, 5) is 2.20. The lowest BCUT2D eigenvalue weighted by Crippen LogP contribution is -2.21. The number of methoxy groups -OCH3 is 2. The summed E-state index contributed by atoms with van der Waals surface area (Å²) >= 11 is 0. The van der Waals surface area contributed by atoms with Crippen molar-refractivity contribution in [3.63, 3.8) is 0 Å². The Bertz CT molecular complexity index is 613. The molecule has 118 valence electrons. The van der Waals surface area contributed by atoms with Gasteiger partial charge in [-0.1, -0.05) is 18.2 Å². The molecule has 0 heterocycles. The summed E-state index contributed by atoms with van der Waals surface area (Å²) in [5, 5.41) is 0. The van der Waals surface area contributed by atoms with Crippen LogP contribution in [0.2, 0.25) is 0 Å². The van der Waals surface area contributed by atoms with Gasteiger partial charge in [-0.15, -0.1) is 0 Å². The Hall–Kier alpha value is -2.07. The average molecular weight is 303 g/mol. The molecule has 0 unspecified atom stereocenters. The molecule has 4 heteroatoms. The second-order valence-electron chi connectivity index (χ2n) is 5.33. The summed E-state index contributed by atoms with van der Waals surface area (Å²) in [5.74, 6) is 1.24. The first-order chi connectivity index (χ1) is 10.5. The fourth-order valence-corrected chi connectivity index (χ4v) is 2.40. The van der Waals surface area contributed by atoms with Crippen LogP contribution in [0.5, 0.6) is 11.5 Å². The highest BCUT2D eigenvalue weighted by molar-refractivity contribution is 5.42. The minimum atomic E-state index is -0.210. The van der Waals surface area contributed by atoms with E-state index in [1.54, 1.807) is 14.2 Å². The van der Waals surface area contributed by atoms with Crippen LogP contribution in [0, 0.1) is 5.82 Å². The largest absolute Gasteiger partial charge is 0.493 e. The highest BCUT2D eigenvalue weighted by Gasteiger charge is 2.13. The number of hydrogen-bond donors (Lipinski definition) is 0. The second kappa shape index (κ2) is 7.27. The molecule has 0 aliphatic carbocycles. The van der Waals surface area contributed by atoms with Crippen molar-refractivity contribution in [2.75, 3.05) is 21.3 Å². The minimum absolute atomic E-state index is 0.189. The Morgan fingerprint density at radius 2 is 1.64 bits per heavy atom. The molecular weight excluding hydrogens is 281 g/mol. The predicted octanol–water partition coefficient (Wildman–Crippen LogP) is 4.04. The molecule has 0 saturated heterocycles. The average Bonchev–Trinajstić information content (AvgIpc) is 2.54. The van der Waals surface area contributed by atoms with Crippen molar-refractivity contribution in [2.24, 2.45) is 0 Å². The molecule has 0 saturated carbocycles. The van der Waals surface area contributed by atoms with Crippen LogP contribution < -0.4 is 9.47 Å². The van der Waals surface area contributed by atoms with Gasteiger partial charge >= 0.3 is 0 Å². The molecule has 2 rings (SSSR count). The molecule has 2 aromatic carbocycles. The molecule has 0 aromatic heterocycles. The number of nitrogens with zero attached hydrogens (tertiary/aromatic N) is 1. The van der Waals surface area contributed by atoms with Crippen LogP contribution in [-0.4, -0.2) is 26.2 Å². The van der Waals surface area contributed by atoms with Gasteiger partial charge in [0.15, 0.2) is 11.5 Å². The zero-order valence-electron chi connectivity index (χ0n) is 13.5. The Balaban J connectivity index is 2.10. The highest BCUT2D eigenvalue weighted by atomic mass is 19.1. The van der Waals surface area contributed by atoms with Crippen LogP contribution >= 0.6 is 0 Å². The summed E-state index contributed by atoms with van der Waals surface area (Å²) < 4.78 is 23.6. The monoisotopic (exact) mass is 303 g/mol. The summed E-state index contributed by atoms with van der Waals surface area (Å²) in [6, 6.07) is 12.7. The van der Waals surface area contributed by atoms with Gasteiger partial charge in [-0.25, -0.2) is 4.39 Å². The van der Waals surface area contributed by atoms with Crippen LogP contribution in [0.3, 0.4) is 0 Å². The topological polar surface area (TPSA) is 21.7 Å². The van der Waals surface area contributed by atoms with E-state index in [0.717, 1.165) is 29.2 Å². The van der Waals surface area contributed by atoms with Crippen molar-refractivity contribution in [2.45, 2.75) is 19.5 Å². The summed E-state index contributed by atoms with van der Waals surface area (Å²) in [7, 11) is 5.30. The molecule has 0 N–H and O–H groups in total. The van der Waals surface area contributed by atoms with Gasteiger partial charge in [0.1, 0.15) is 5.82 Å². The van der Waals surface area contributed by atoms with E-state index in [0.29, 0.717) is 0 Å². The van der Waals surface area contributed by atoms with Crippen LogP contribution in [0.15, 0.2) is 42.5 Å².